The molecule has 2 aliphatic carbocycles. The Labute approximate surface area is 86.9 Å². The number of aliphatic hydroxyl groups excluding tert-OH is 1. The van der Waals surface area contributed by atoms with Gasteiger partial charge in [0, 0.05) is 5.54 Å². The molecular formula is C12H23NO. The maximum atomic E-state index is 9.45. The smallest absolute Gasteiger partial charge is 0.0541 e. The summed E-state index contributed by atoms with van der Waals surface area (Å²) in [7, 11) is 0. The molecule has 0 aromatic heterocycles. The van der Waals surface area contributed by atoms with Crippen LogP contribution in [0.15, 0.2) is 0 Å². The van der Waals surface area contributed by atoms with Crippen molar-refractivity contribution in [1.29, 1.82) is 0 Å². The zero-order valence-corrected chi connectivity index (χ0v) is 9.04. The molecule has 0 aromatic carbocycles. The highest BCUT2D eigenvalue weighted by molar-refractivity contribution is 4.92. The van der Waals surface area contributed by atoms with Crippen LogP contribution >= 0.6 is 0 Å². The Hall–Kier alpha value is -0.0800. The summed E-state index contributed by atoms with van der Waals surface area (Å²) in [4.78, 5) is 0. The third kappa shape index (κ3) is 2.48. The molecule has 3 N–H and O–H groups in total. The molecule has 0 atom stereocenters. The summed E-state index contributed by atoms with van der Waals surface area (Å²) in [5.74, 6) is 0.884. The van der Waals surface area contributed by atoms with Gasteiger partial charge in [0.2, 0.25) is 0 Å². The molecule has 2 nitrogen and oxygen atoms in total. The second kappa shape index (κ2) is 4.19. The van der Waals surface area contributed by atoms with Crippen molar-refractivity contribution in [2.24, 2.45) is 11.7 Å². The Kier molecular flexibility index (Phi) is 3.13. The predicted molar refractivity (Wildman–Crippen MR) is 58.0 cm³/mol. The van der Waals surface area contributed by atoms with Crippen LogP contribution in [0.25, 0.3) is 0 Å². The highest BCUT2D eigenvalue weighted by Gasteiger charge is 2.33. The van der Waals surface area contributed by atoms with Crippen molar-refractivity contribution in [2.75, 3.05) is 0 Å². The minimum Gasteiger partial charge on any atom is -0.393 e. The molecule has 2 aliphatic rings. The normalized spacial score (nSPS) is 40.3. The second-order valence-corrected chi connectivity index (χ2v) is 5.45. The van der Waals surface area contributed by atoms with Gasteiger partial charge in [0.25, 0.3) is 0 Å². The van der Waals surface area contributed by atoms with Crippen LogP contribution in [0, 0.1) is 5.92 Å². The van der Waals surface area contributed by atoms with Crippen LogP contribution in [0.5, 0.6) is 0 Å². The van der Waals surface area contributed by atoms with E-state index in [0.717, 1.165) is 31.6 Å². The van der Waals surface area contributed by atoms with Gasteiger partial charge in [0.1, 0.15) is 0 Å². The van der Waals surface area contributed by atoms with Gasteiger partial charge in [-0.15, -0.1) is 0 Å². The van der Waals surface area contributed by atoms with Crippen molar-refractivity contribution in [2.45, 2.75) is 69.4 Å². The zero-order valence-electron chi connectivity index (χ0n) is 9.04. The first-order valence-corrected chi connectivity index (χ1v) is 6.15. The third-order valence-corrected chi connectivity index (χ3v) is 4.12. The first-order valence-electron chi connectivity index (χ1n) is 6.15. The van der Waals surface area contributed by atoms with E-state index in [9.17, 15) is 5.11 Å². The lowest BCUT2D eigenvalue weighted by Gasteiger charge is -2.37. The molecule has 0 aromatic rings. The van der Waals surface area contributed by atoms with Gasteiger partial charge in [-0.25, -0.2) is 0 Å². The standard InChI is InChI=1S/C12H23NO/c13-12(7-5-11(14)6-8-12)9-10-3-1-2-4-10/h10-11,14H,1-9,13H2. The average Bonchev–Trinajstić information content (AvgIpc) is 2.63. The average molecular weight is 197 g/mol. The number of rotatable bonds is 2. The van der Waals surface area contributed by atoms with Gasteiger partial charge >= 0.3 is 0 Å². The van der Waals surface area contributed by atoms with Gasteiger partial charge in [0.05, 0.1) is 6.10 Å². The van der Waals surface area contributed by atoms with Gasteiger partial charge in [-0.05, 0) is 38.0 Å². The Balaban J connectivity index is 1.82. The summed E-state index contributed by atoms with van der Waals surface area (Å²) in [5.41, 5.74) is 6.45. The van der Waals surface area contributed by atoms with Crippen molar-refractivity contribution < 1.29 is 5.11 Å². The van der Waals surface area contributed by atoms with Crippen molar-refractivity contribution in [3.05, 3.63) is 0 Å². The van der Waals surface area contributed by atoms with Crippen LogP contribution in [-0.2, 0) is 0 Å². The molecule has 2 fully saturated rings. The molecule has 0 amide bonds. The van der Waals surface area contributed by atoms with Gasteiger partial charge in [-0.2, -0.15) is 0 Å². The fourth-order valence-electron chi connectivity index (χ4n) is 3.17. The Morgan fingerprint density at radius 3 is 2.21 bits per heavy atom. The van der Waals surface area contributed by atoms with Gasteiger partial charge < -0.3 is 10.8 Å². The van der Waals surface area contributed by atoms with Crippen molar-refractivity contribution in [3.63, 3.8) is 0 Å². The summed E-state index contributed by atoms with van der Waals surface area (Å²) < 4.78 is 0. The summed E-state index contributed by atoms with van der Waals surface area (Å²) in [6, 6.07) is 0. The molecule has 2 heteroatoms. The molecule has 2 saturated carbocycles. The van der Waals surface area contributed by atoms with Crippen LogP contribution < -0.4 is 5.73 Å². The minimum atomic E-state index is -0.0738. The van der Waals surface area contributed by atoms with Crippen LogP contribution in [-0.4, -0.2) is 16.7 Å². The molecule has 0 aliphatic heterocycles. The molecular weight excluding hydrogens is 174 g/mol. The van der Waals surface area contributed by atoms with Crippen LogP contribution in [0.3, 0.4) is 0 Å². The number of hydrogen-bond acceptors (Lipinski definition) is 2. The maximum Gasteiger partial charge on any atom is 0.0541 e. The van der Waals surface area contributed by atoms with E-state index in [2.05, 4.69) is 0 Å². The zero-order chi connectivity index (χ0) is 10.0. The van der Waals surface area contributed by atoms with Gasteiger partial charge in [0.15, 0.2) is 0 Å². The summed E-state index contributed by atoms with van der Waals surface area (Å²) in [5, 5.41) is 9.45. The quantitative estimate of drug-likeness (QED) is 0.713. The summed E-state index contributed by atoms with van der Waals surface area (Å²) in [6.45, 7) is 0. The topological polar surface area (TPSA) is 46.2 Å². The number of hydrogen-bond donors (Lipinski definition) is 2. The molecule has 0 saturated heterocycles. The molecule has 0 bridgehead atoms. The van der Waals surface area contributed by atoms with E-state index in [1.54, 1.807) is 0 Å². The molecule has 14 heavy (non-hydrogen) atoms. The first kappa shape index (κ1) is 10.4. The van der Waals surface area contributed by atoms with Crippen LogP contribution in [0.1, 0.15) is 57.8 Å². The summed E-state index contributed by atoms with van der Waals surface area (Å²) >= 11 is 0. The monoisotopic (exact) mass is 197 g/mol. The maximum absolute atomic E-state index is 9.45. The SMILES string of the molecule is NC1(CC2CCCC2)CCC(O)CC1. The Morgan fingerprint density at radius 1 is 1.07 bits per heavy atom. The highest BCUT2D eigenvalue weighted by atomic mass is 16.3. The van der Waals surface area contributed by atoms with E-state index in [4.69, 9.17) is 5.73 Å². The van der Waals surface area contributed by atoms with Crippen molar-refractivity contribution in [3.8, 4) is 0 Å². The van der Waals surface area contributed by atoms with Crippen molar-refractivity contribution >= 4 is 0 Å². The van der Waals surface area contributed by atoms with E-state index in [0.29, 0.717) is 0 Å². The van der Waals surface area contributed by atoms with Crippen LogP contribution in [0.4, 0.5) is 0 Å². The van der Waals surface area contributed by atoms with E-state index in [1.807, 2.05) is 0 Å². The van der Waals surface area contributed by atoms with E-state index < -0.39 is 0 Å². The first-order chi connectivity index (χ1) is 6.68. The van der Waals surface area contributed by atoms with Crippen LogP contribution in [0.2, 0.25) is 0 Å². The molecule has 0 unspecified atom stereocenters. The minimum absolute atomic E-state index is 0.0637. The fraction of sp³-hybridized carbons (Fsp3) is 1.00. The van der Waals surface area contributed by atoms with E-state index in [1.165, 1.54) is 32.1 Å². The fourth-order valence-corrected chi connectivity index (χ4v) is 3.17. The van der Waals surface area contributed by atoms with E-state index >= 15 is 0 Å². The van der Waals surface area contributed by atoms with E-state index in [-0.39, 0.29) is 11.6 Å². The van der Waals surface area contributed by atoms with Gasteiger partial charge in [-0.1, -0.05) is 25.7 Å². The Bertz CT molecular complexity index is 179. The highest BCUT2D eigenvalue weighted by Crippen LogP contribution is 2.37. The summed E-state index contributed by atoms with van der Waals surface area (Å²) in [6.07, 6.45) is 10.6. The number of aliphatic hydroxyl groups is 1. The number of nitrogens with two attached hydrogens (primary N) is 1. The predicted octanol–water partition coefficient (Wildman–Crippen LogP) is 2.20. The lowest BCUT2D eigenvalue weighted by atomic mass is 9.75. The third-order valence-electron chi connectivity index (χ3n) is 4.12. The lowest BCUT2D eigenvalue weighted by molar-refractivity contribution is 0.0884. The second-order valence-electron chi connectivity index (χ2n) is 5.45. The molecule has 0 radical (unpaired) electrons. The molecule has 0 heterocycles. The molecule has 82 valence electrons. The molecule has 2 rings (SSSR count). The largest absolute Gasteiger partial charge is 0.393 e. The lowest BCUT2D eigenvalue weighted by Crippen LogP contribution is -2.45. The van der Waals surface area contributed by atoms with Crippen molar-refractivity contribution in [1.82, 2.24) is 0 Å². The molecule has 0 spiro atoms. The Morgan fingerprint density at radius 2 is 1.64 bits per heavy atom. The van der Waals surface area contributed by atoms with Gasteiger partial charge in [-0.3, -0.25) is 0 Å².